The number of hydrogen-bond acceptors (Lipinski definition) is 5. The second-order valence-electron chi connectivity index (χ2n) is 3.79. The Morgan fingerprint density at radius 1 is 1.11 bits per heavy atom. The highest BCUT2D eigenvalue weighted by atomic mass is 16.2. The van der Waals surface area contributed by atoms with E-state index >= 15 is 0 Å². The van der Waals surface area contributed by atoms with Gasteiger partial charge in [0.15, 0.2) is 0 Å². The first-order chi connectivity index (χ1) is 9.19. The number of nitrogens with one attached hydrogen (secondary N) is 2. The molecule has 0 atom stereocenters. The molecular weight excluding hydrogens is 246 g/mol. The van der Waals surface area contributed by atoms with Crippen LogP contribution in [0, 0.1) is 0 Å². The first-order valence-electron chi connectivity index (χ1n) is 5.66. The Hall–Kier alpha value is -2.54. The van der Waals surface area contributed by atoms with Gasteiger partial charge in [-0.25, -0.2) is 0 Å². The van der Waals surface area contributed by atoms with E-state index in [1.165, 1.54) is 0 Å². The van der Waals surface area contributed by atoms with Crippen LogP contribution >= 0.6 is 0 Å². The van der Waals surface area contributed by atoms with Crippen molar-refractivity contribution in [3.8, 4) is 0 Å². The number of rotatable bonds is 4. The number of nitrogens with two attached hydrogens (primary N) is 1. The van der Waals surface area contributed by atoms with Crippen molar-refractivity contribution in [1.29, 1.82) is 0 Å². The number of anilines is 1. The lowest BCUT2D eigenvalue weighted by Crippen LogP contribution is -2.36. The minimum Gasteiger partial charge on any atom is -0.346 e. The zero-order valence-corrected chi connectivity index (χ0v) is 10.1. The molecule has 0 fully saturated rings. The van der Waals surface area contributed by atoms with Crippen molar-refractivity contribution in [2.75, 3.05) is 18.4 Å². The molecule has 0 bridgehead atoms. The molecule has 2 aromatic rings. The van der Waals surface area contributed by atoms with Gasteiger partial charge in [-0.15, -0.1) is 0 Å². The van der Waals surface area contributed by atoms with Gasteiger partial charge >= 0.3 is 0 Å². The quantitative estimate of drug-likeness (QED) is 0.694. The van der Waals surface area contributed by atoms with Crippen LogP contribution in [0.2, 0.25) is 0 Å². The van der Waals surface area contributed by atoms with Crippen molar-refractivity contribution < 1.29 is 9.59 Å². The summed E-state index contributed by atoms with van der Waals surface area (Å²) in [7, 11) is 0. The van der Waals surface area contributed by atoms with Crippen LogP contribution < -0.4 is 16.4 Å². The molecule has 0 unspecified atom stereocenters. The van der Waals surface area contributed by atoms with Crippen LogP contribution in [0.5, 0.6) is 0 Å². The van der Waals surface area contributed by atoms with Gasteiger partial charge in [-0.2, -0.15) is 0 Å². The lowest BCUT2D eigenvalue weighted by molar-refractivity contribution is -0.123. The van der Waals surface area contributed by atoms with Crippen molar-refractivity contribution in [1.82, 2.24) is 15.3 Å². The monoisotopic (exact) mass is 259 g/mol. The second kappa shape index (κ2) is 5.87. The summed E-state index contributed by atoms with van der Waals surface area (Å²) < 4.78 is 0. The van der Waals surface area contributed by atoms with E-state index in [-0.39, 0.29) is 24.9 Å². The van der Waals surface area contributed by atoms with Crippen LogP contribution in [0.4, 0.5) is 5.69 Å². The van der Waals surface area contributed by atoms with Gasteiger partial charge in [0, 0.05) is 18.1 Å². The molecule has 1 aromatic carbocycles. The Labute approximate surface area is 109 Å². The molecule has 19 heavy (non-hydrogen) atoms. The third kappa shape index (κ3) is 3.46. The molecule has 0 aliphatic heterocycles. The Morgan fingerprint density at radius 2 is 1.84 bits per heavy atom. The third-order valence-electron chi connectivity index (χ3n) is 2.38. The van der Waals surface area contributed by atoms with Crippen molar-refractivity contribution >= 4 is 28.5 Å². The molecule has 0 spiro atoms. The molecule has 0 radical (unpaired) electrons. The molecule has 2 rings (SSSR count). The minimum absolute atomic E-state index is 0.117. The summed E-state index contributed by atoms with van der Waals surface area (Å²) in [6.07, 6.45) is 3.18. The van der Waals surface area contributed by atoms with E-state index in [0.717, 1.165) is 5.52 Å². The molecule has 4 N–H and O–H groups in total. The van der Waals surface area contributed by atoms with Crippen LogP contribution in [0.15, 0.2) is 30.6 Å². The number of amides is 2. The first kappa shape index (κ1) is 12.9. The maximum Gasteiger partial charge on any atom is 0.243 e. The Kier molecular flexibility index (Phi) is 3.99. The van der Waals surface area contributed by atoms with E-state index in [1.54, 1.807) is 30.6 Å². The van der Waals surface area contributed by atoms with Crippen molar-refractivity contribution in [2.45, 2.75) is 0 Å². The van der Waals surface area contributed by atoms with E-state index < -0.39 is 0 Å². The summed E-state index contributed by atoms with van der Waals surface area (Å²) in [5, 5.41) is 5.04. The van der Waals surface area contributed by atoms with Crippen LogP contribution in [-0.2, 0) is 9.59 Å². The number of hydrogen-bond donors (Lipinski definition) is 3. The van der Waals surface area contributed by atoms with Gasteiger partial charge in [-0.1, -0.05) is 0 Å². The average molecular weight is 259 g/mol. The van der Waals surface area contributed by atoms with Gasteiger partial charge in [0.2, 0.25) is 11.8 Å². The summed E-state index contributed by atoms with van der Waals surface area (Å²) >= 11 is 0. The van der Waals surface area contributed by atoms with E-state index in [1.807, 2.05) is 0 Å². The van der Waals surface area contributed by atoms with Gasteiger partial charge in [0.25, 0.3) is 0 Å². The first-order valence-corrected chi connectivity index (χ1v) is 5.66. The molecule has 1 heterocycles. The van der Waals surface area contributed by atoms with Gasteiger partial charge in [0.1, 0.15) is 0 Å². The number of benzene rings is 1. The number of carbonyl (C=O) groups excluding carboxylic acids is 2. The van der Waals surface area contributed by atoms with Crippen LogP contribution in [0.3, 0.4) is 0 Å². The summed E-state index contributed by atoms with van der Waals surface area (Å²) in [6, 6.07) is 5.20. The summed E-state index contributed by atoms with van der Waals surface area (Å²) in [4.78, 5) is 30.7. The second-order valence-corrected chi connectivity index (χ2v) is 3.79. The van der Waals surface area contributed by atoms with Gasteiger partial charge < -0.3 is 16.4 Å². The van der Waals surface area contributed by atoms with Gasteiger partial charge in [-0.3, -0.25) is 19.6 Å². The molecule has 1 aromatic heterocycles. The standard InChI is InChI=1S/C12H13N5O2/c13-6-11(18)16-7-12(19)17-8-1-2-9-10(5-8)15-4-3-14-9/h1-5H,6-7,13H2,(H,16,18)(H,17,19). The maximum absolute atomic E-state index is 11.6. The maximum atomic E-state index is 11.6. The Balaban J connectivity index is 2.01. The fourth-order valence-electron chi connectivity index (χ4n) is 1.50. The third-order valence-corrected chi connectivity index (χ3v) is 2.38. The number of nitrogens with zero attached hydrogens (tertiary/aromatic N) is 2. The molecule has 7 nitrogen and oxygen atoms in total. The van der Waals surface area contributed by atoms with Gasteiger partial charge in [-0.05, 0) is 18.2 Å². The van der Waals surface area contributed by atoms with Crippen LogP contribution in [-0.4, -0.2) is 34.9 Å². The van der Waals surface area contributed by atoms with Crippen molar-refractivity contribution in [3.05, 3.63) is 30.6 Å². The number of carbonyl (C=O) groups is 2. The topological polar surface area (TPSA) is 110 Å². The van der Waals surface area contributed by atoms with Gasteiger partial charge in [0.05, 0.1) is 24.1 Å². The molecule has 0 aliphatic rings. The molecule has 0 saturated carbocycles. The predicted octanol–water partition coefficient (Wildman–Crippen LogP) is -0.357. The Morgan fingerprint density at radius 3 is 2.58 bits per heavy atom. The largest absolute Gasteiger partial charge is 0.346 e. The van der Waals surface area contributed by atoms with Crippen LogP contribution in [0.1, 0.15) is 0 Å². The number of fused-ring (bicyclic) bond motifs is 1. The SMILES string of the molecule is NCC(=O)NCC(=O)Nc1ccc2nccnc2c1. The molecule has 0 aliphatic carbocycles. The normalized spacial score (nSPS) is 10.2. The van der Waals surface area contributed by atoms with E-state index in [2.05, 4.69) is 20.6 Å². The molecule has 0 saturated heterocycles. The predicted molar refractivity (Wildman–Crippen MR) is 70.2 cm³/mol. The Bertz CT molecular complexity index is 614. The molecule has 98 valence electrons. The van der Waals surface area contributed by atoms with Crippen LogP contribution in [0.25, 0.3) is 11.0 Å². The fraction of sp³-hybridized carbons (Fsp3) is 0.167. The summed E-state index contributed by atoms with van der Waals surface area (Å²) in [5.74, 6) is -0.704. The zero-order valence-electron chi connectivity index (χ0n) is 10.1. The summed E-state index contributed by atoms with van der Waals surface area (Å²) in [6.45, 7) is -0.257. The van der Waals surface area contributed by atoms with E-state index in [0.29, 0.717) is 11.2 Å². The molecular formula is C12H13N5O2. The van der Waals surface area contributed by atoms with Crippen molar-refractivity contribution in [2.24, 2.45) is 5.73 Å². The lowest BCUT2D eigenvalue weighted by atomic mass is 10.2. The average Bonchev–Trinajstić information content (AvgIpc) is 2.44. The highest BCUT2D eigenvalue weighted by Crippen LogP contribution is 2.14. The lowest BCUT2D eigenvalue weighted by Gasteiger charge is -2.06. The fourth-order valence-corrected chi connectivity index (χ4v) is 1.50. The van der Waals surface area contributed by atoms with Crippen molar-refractivity contribution in [3.63, 3.8) is 0 Å². The number of aromatic nitrogens is 2. The highest BCUT2D eigenvalue weighted by Gasteiger charge is 2.05. The highest BCUT2D eigenvalue weighted by molar-refractivity contribution is 5.96. The zero-order chi connectivity index (χ0) is 13.7. The minimum atomic E-state index is -0.375. The summed E-state index contributed by atoms with van der Waals surface area (Å²) in [5.41, 5.74) is 7.14. The molecule has 2 amide bonds. The van der Waals surface area contributed by atoms with E-state index in [4.69, 9.17) is 5.73 Å². The smallest absolute Gasteiger partial charge is 0.243 e. The molecule has 7 heteroatoms. The van der Waals surface area contributed by atoms with E-state index in [9.17, 15) is 9.59 Å².